The number of benzene rings is 4. The number of ether oxygens (including phenoxy) is 2. The first-order chi connectivity index (χ1) is 33.2. The summed E-state index contributed by atoms with van der Waals surface area (Å²) < 4.78 is 26.3. The third-order valence-corrected chi connectivity index (χ3v) is 14.6. The molecule has 4 amide bonds. The zero-order valence-corrected chi connectivity index (χ0v) is 38.1. The molecule has 0 unspecified atom stereocenters. The lowest BCUT2D eigenvalue weighted by Crippen LogP contribution is -2.60. The number of nitrogens with one attached hydrogen (secondary N) is 2. The lowest BCUT2D eigenvalue weighted by molar-refractivity contribution is -0.142. The average Bonchev–Trinajstić information content (AvgIpc) is 3.67. The van der Waals surface area contributed by atoms with E-state index in [1.165, 1.54) is 6.07 Å². The molecule has 5 aromatic rings. The van der Waals surface area contributed by atoms with Crippen LogP contribution in [0.25, 0.3) is 21.9 Å². The van der Waals surface area contributed by atoms with E-state index in [0.29, 0.717) is 93.4 Å². The number of aromatic nitrogens is 2. The van der Waals surface area contributed by atoms with Crippen LogP contribution in [0.3, 0.4) is 0 Å². The number of hydrogen-bond acceptors (Lipinski definition) is 10. The van der Waals surface area contributed by atoms with Gasteiger partial charge in [0.25, 0.3) is 11.5 Å². The van der Waals surface area contributed by atoms with E-state index in [1.54, 1.807) is 34.1 Å². The molecule has 4 aromatic carbocycles. The van der Waals surface area contributed by atoms with E-state index < -0.39 is 23.9 Å². The Balaban J connectivity index is 0.642. The molecule has 10 rings (SSSR count). The number of amides is 4. The molecule has 0 saturated carbocycles. The maximum absolute atomic E-state index is 15.1. The van der Waals surface area contributed by atoms with Crippen LogP contribution in [0.15, 0.2) is 95.8 Å². The minimum Gasteiger partial charge on any atom is -0.449 e. The van der Waals surface area contributed by atoms with Crippen LogP contribution in [0.4, 0.5) is 9.18 Å². The van der Waals surface area contributed by atoms with Crippen molar-refractivity contribution in [3.05, 3.63) is 135 Å². The van der Waals surface area contributed by atoms with Crippen molar-refractivity contribution in [3.63, 3.8) is 0 Å². The Labute approximate surface area is 394 Å². The standard InChI is InChI=1S/C52H57FN8O7/c53-45-14-13-35(28-46-41-11-5-6-12-42(41)49(63)56-55-46)27-43(45)50(64)60-25-23-59(24-26-60)47(62)30-57-17-15-34(16-18-57)29-58-19-21-61(22-20-58)51(65)48(36-31-67-32-36)54-52(66)68-33-44-39-9-3-1-7-37(39)38-8-2-4-10-40(38)44/h1-14,27,34,36,44,48H,15-26,28-33H2,(H,54,66)(H,56,63)/t48-/m1/s1. The Morgan fingerprint density at radius 2 is 1.38 bits per heavy atom. The number of fused-ring (bicyclic) bond motifs is 4. The van der Waals surface area contributed by atoms with E-state index in [9.17, 15) is 24.0 Å². The third-order valence-electron chi connectivity index (χ3n) is 14.6. The maximum Gasteiger partial charge on any atom is 0.407 e. The fraction of sp³-hybridized carbons (Fsp3) is 0.423. The van der Waals surface area contributed by atoms with Gasteiger partial charge in [-0.15, -0.1) is 0 Å². The number of rotatable bonds is 12. The number of alkyl carbamates (subject to hydrolysis) is 1. The third kappa shape index (κ3) is 9.62. The number of piperidine rings is 1. The van der Waals surface area contributed by atoms with Gasteiger partial charge in [-0.3, -0.25) is 29.0 Å². The molecule has 4 saturated heterocycles. The van der Waals surface area contributed by atoms with Crippen LogP contribution in [-0.4, -0.2) is 163 Å². The minimum absolute atomic E-state index is 0.0250. The Hall–Kier alpha value is -6.49. The van der Waals surface area contributed by atoms with Crippen LogP contribution in [0.2, 0.25) is 0 Å². The van der Waals surface area contributed by atoms with Crippen molar-refractivity contribution in [2.45, 2.75) is 31.2 Å². The van der Waals surface area contributed by atoms with E-state index in [0.717, 1.165) is 67.8 Å². The summed E-state index contributed by atoms with van der Waals surface area (Å²) in [5.74, 6) is -0.771. The van der Waals surface area contributed by atoms with Gasteiger partial charge < -0.3 is 29.5 Å². The van der Waals surface area contributed by atoms with Crippen molar-refractivity contribution < 1.29 is 33.0 Å². The smallest absolute Gasteiger partial charge is 0.407 e. The zero-order valence-electron chi connectivity index (χ0n) is 38.1. The highest BCUT2D eigenvalue weighted by Crippen LogP contribution is 2.44. The number of carbonyl (C=O) groups excluding carboxylic acids is 4. The lowest BCUT2D eigenvalue weighted by Gasteiger charge is -2.41. The van der Waals surface area contributed by atoms with E-state index in [4.69, 9.17) is 9.47 Å². The molecule has 2 N–H and O–H groups in total. The van der Waals surface area contributed by atoms with E-state index in [1.807, 2.05) is 41.3 Å². The van der Waals surface area contributed by atoms with Crippen LogP contribution < -0.4 is 10.9 Å². The summed E-state index contributed by atoms with van der Waals surface area (Å²) in [4.78, 5) is 76.3. The van der Waals surface area contributed by atoms with Crippen LogP contribution >= 0.6 is 0 Å². The number of aromatic amines is 1. The first-order valence-corrected chi connectivity index (χ1v) is 23.9. The number of carbonyl (C=O) groups is 4. The monoisotopic (exact) mass is 924 g/mol. The fourth-order valence-corrected chi connectivity index (χ4v) is 10.6. The molecule has 5 heterocycles. The molecule has 1 aliphatic carbocycles. The van der Waals surface area contributed by atoms with E-state index in [-0.39, 0.29) is 41.4 Å². The molecule has 0 spiro atoms. The number of nitrogens with zero attached hydrogens (tertiary/aromatic N) is 6. The molecule has 1 aromatic heterocycles. The Morgan fingerprint density at radius 3 is 2.06 bits per heavy atom. The van der Waals surface area contributed by atoms with Crippen LogP contribution in [0.1, 0.15) is 51.5 Å². The molecule has 0 bridgehead atoms. The molecule has 16 heteroatoms. The Morgan fingerprint density at radius 1 is 0.750 bits per heavy atom. The minimum atomic E-state index is -0.710. The van der Waals surface area contributed by atoms with Gasteiger partial charge in [0.05, 0.1) is 36.4 Å². The van der Waals surface area contributed by atoms with Crippen LogP contribution in [0.5, 0.6) is 0 Å². The summed E-state index contributed by atoms with van der Waals surface area (Å²) in [6, 6.07) is 27.3. The van der Waals surface area contributed by atoms with Crippen molar-refractivity contribution in [3.8, 4) is 11.1 Å². The number of piperazine rings is 2. The molecule has 1 atom stereocenters. The predicted octanol–water partition coefficient (Wildman–Crippen LogP) is 4.35. The highest BCUT2D eigenvalue weighted by molar-refractivity contribution is 5.95. The number of likely N-dealkylation sites (tertiary alicyclic amines) is 1. The summed E-state index contributed by atoms with van der Waals surface area (Å²) in [5.41, 5.74) is 5.58. The van der Waals surface area contributed by atoms with Crippen molar-refractivity contribution in [2.24, 2.45) is 11.8 Å². The predicted molar refractivity (Wildman–Crippen MR) is 253 cm³/mol. The summed E-state index contributed by atoms with van der Waals surface area (Å²) in [7, 11) is 0. The van der Waals surface area contributed by atoms with Gasteiger partial charge in [0.15, 0.2) is 0 Å². The van der Waals surface area contributed by atoms with E-state index >= 15 is 4.39 Å². The molecule has 68 heavy (non-hydrogen) atoms. The molecule has 354 valence electrons. The van der Waals surface area contributed by atoms with Crippen molar-refractivity contribution >= 4 is 34.6 Å². The summed E-state index contributed by atoms with van der Waals surface area (Å²) in [6.45, 7) is 7.95. The zero-order chi connectivity index (χ0) is 46.7. The molecular weight excluding hydrogens is 868 g/mol. The van der Waals surface area contributed by atoms with Crippen LogP contribution in [0, 0.1) is 17.7 Å². The fourth-order valence-electron chi connectivity index (χ4n) is 10.6. The Kier molecular flexibility index (Phi) is 13.3. The van der Waals surface area contributed by atoms with Crippen molar-refractivity contribution in [1.29, 1.82) is 0 Å². The van der Waals surface area contributed by atoms with Gasteiger partial charge in [-0.25, -0.2) is 14.3 Å². The topological polar surface area (TPSA) is 161 Å². The molecule has 4 aliphatic heterocycles. The van der Waals surface area contributed by atoms with Crippen molar-refractivity contribution in [2.75, 3.05) is 98.4 Å². The normalized spacial score (nSPS) is 18.8. The van der Waals surface area contributed by atoms with Gasteiger partial charge in [0.1, 0.15) is 18.5 Å². The lowest BCUT2D eigenvalue weighted by atomic mass is 9.95. The summed E-state index contributed by atoms with van der Waals surface area (Å²) in [5, 5.41) is 10.9. The first-order valence-electron chi connectivity index (χ1n) is 23.9. The highest BCUT2D eigenvalue weighted by atomic mass is 19.1. The van der Waals surface area contributed by atoms with Gasteiger partial charge in [-0.1, -0.05) is 72.8 Å². The molecule has 0 radical (unpaired) electrons. The number of H-pyrrole nitrogens is 1. The highest BCUT2D eigenvalue weighted by Gasteiger charge is 2.39. The summed E-state index contributed by atoms with van der Waals surface area (Å²) in [6.07, 6.45) is 1.66. The van der Waals surface area contributed by atoms with Gasteiger partial charge in [-0.05, 0) is 77.9 Å². The molecule has 4 fully saturated rings. The average molecular weight is 925 g/mol. The second-order valence-electron chi connectivity index (χ2n) is 18.8. The second kappa shape index (κ2) is 20.0. The summed E-state index contributed by atoms with van der Waals surface area (Å²) >= 11 is 0. The van der Waals surface area contributed by atoms with Gasteiger partial charge >= 0.3 is 6.09 Å². The Bertz CT molecular complexity index is 2690. The van der Waals surface area contributed by atoms with Gasteiger partial charge in [0, 0.05) is 82.5 Å². The van der Waals surface area contributed by atoms with Crippen LogP contribution in [-0.2, 0) is 25.5 Å². The SMILES string of the molecule is O=C(N[C@@H](C(=O)N1CCN(CC2CCN(CC(=O)N3CCN(C(=O)c4cc(Cc5n[nH]c(=O)c6ccccc56)ccc4F)CC3)CC2)CC1)C1COC1)OCC1c2ccccc2-c2ccccc21. The van der Waals surface area contributed by atoms with Gasteiger partial charge in [0.2, 0.25) is 11.8 Å². The number of hydrogen-bond donors (Lipinski definition) is 2. The molecular formula is C52H57FN8O7. The van der Waals surface area contributed by atoms with Crippen molar-refractivity contribution in [1.82, 2.24) is 40.0 Å². The molecule has 15 nitrogen and oxygen atoms in total. The maximum atomic E-state index is 15.1. The number of halogens is 1. The largest absolute Gasteiger partial charge is 0.449 e. The van der Waals surface area contributed by atoms with Gasteiger partial charge in [-0.2, -0.15) is 5.10 Å². The first kappa shape index (κ1) is 45.3. The molecule has 5 aliphatic rings. The second-order valence-corrected chi connectivity index (χ2v) is 18.8. The van der Waals surface area contributed by atoms with E-state index in [2.05, 4.69) is 49.6 Å². The quantitative estimate of drug-likeness (QED) is 0.184.